The van der Waals surface area contributed by atoms with E-state index in [0.717, 1.165) is 25.9 Å². The molecule has 0 unspecified atom stereocenters. The minimum atomic E-state index is -3.51. The Hall–Kier alpha value is 0.150. The maximum absolute atomic E-state index is 12.7. The Morgan fingerprint density at radius 2 is 2.00 bits per heavy atom. The zero-order valence-electron chi connectivity index (χ0n) is 12.4. The molecule has 1 aliphatic heterocycles. The Morgan fingerprint density at radius 1 is 1.36 bits per heavy atom. The van der Waals surface area contributed by atoms with Crippen LogP contribution >= 0.6 is 39.9 Å². The number of sulfonamides is 1. The summed E-state index contributed by atoms with van der Waals surface area (Å²) in [4.78, 5) is 0.184. The van der Waals surface area contributed by atoms with Crippen LogP contribution in [0.1, 0.15) is 19.8 Å². The van der Waals surface area contributed by atoms with Gasteiger partial charge in [0.15, 0.2) is 0 Å². The van der Waals surface area contributed by atoms with Gasteiger partial charge in [0.25, 0.3) is 0 Å². The van der Waals surface area contributed by atoms with Crippen molar-refractivity contribution in [2.24, 2.45) is 5.92 Å². The normalized spacial score (nSPS) is 17.2. The smallest absolute Gasteiger partial charge is 0.244 e. The highest BCUT2D eigenvalue weighted by molar-refractivity contribution is 9.10. The van der Waals surface area contributed by atoms with E-state index >= 15 is 0 Å². The lowest BCUT2D eigenvalue weighted by atomic mass is 9.98. The molecule has 0 spiro atoms. The molecule has 22 heavy (non-hydrogen) atoms. The zero-order valence-corrected chi connectivity index (χ0v) is 16.4. The second-order valence-electron chi connectivity index (χ2n) is 5.23. The highest BCUT2D eigenvalue weighted by atomic mass is 79.9. The average Bonchev–Trinajstić information content (AvgIpc) is 2.48. The summed E-state index contributed by atoms with van der Waals surface area (Å²) in [7, 11) is -3.51. The fraction of sp³-hybridized carbons (Fsp3) is 0.571. The van der Waals surface area contributed by atoms with Crippen LogP contribution in [0.5, 0.6) is 0 Å². The van der Waals surface area contributed by atoms with Crippen LogP contribution in [0.25, 0.3) is 0 Å². The summed E-state index contributed by atoms with van der Waals surface area (Å²) in [5, 5.41) is 3.60. The minimum Gasteiger partial charge on any atom is -0.317 e. The first-order valence-electron chi connectivity index (χ1n) is 7.11. The van der Waals surface area contributed by atoms with Crippen molar-refractivity contribution in [3.63, 3.8) is 0 Å². The standard InChI is InChI=1S/C14H20BrClN2O2S.ClH/c1-2-17-10-11-5-7-18(8-6-11)21(19,20)14-9-12(15)3-4-13(14)16;/h3-4,9,11,17H,2,5-8,10H2,1H3;1H. The van der Waals surface area contributed by atoms with Crippen LogP contribution in [0.4, 0.5) is 0 Å². The zero-order chi connectivity index (χ0) is 15.5. The first-order chi connectivity index (χ1) is 9.95. The lowest BCUT2D eigenvalue weighted by Gasteiger charge is -2.31. The molecule has 1 heterocycles. The van der Waals surface area contributed by atoms with Crippen LogP contribution in [-0.4, -0.2) is 38.9 Å². The van der Waals surface area contributed by atoms with Crippen molar-refractivity contribution in [3.05, 3.63) is 27.7 Å². The molecule has 0 aliphatic carbocycles. The Balaban J connectivity index is 0.00000242. The molecule has 0 radical (unpaired) electrons. The first kappa shape index (κ1) is 20.2. The quantitative estimate of drug-likeness (QED) is 0.775. The van der Waals surface area contributed by atoms with Gasteiger partial charge in [-0.1, -0.05) is 34.5 Å². The summed E-state index contributed by atoms with van der Waals surface area (Å²) < 4.78 is 27.6. The van der Waals surface area contributed by atoms with Gasteiger partial charge in [-0.15, -0.1) is 12.4 Å². The third kappa shape index (κ3) is 4.82. The molecule has 8 heteroatoms. The fourth-order valence-electron chi connectivity index (χ4n) is 2.52. The summed E-state index contributed by atoms with van der Waals surface area (Å²) >= 11 is 9.36. The van der Waals surface area contributed by atoms with Crippen molar-refractivity contribution in [2.75, 3.05) is 26.2 Å². The van der Waals surface area contributed by atoms with E-state index in [2.05, 4.69) is 28.2 Å². The molecule has 1 aromatic rings. The topological polar surface area (TPSA) is 49.4 Å². The van der Waals surface area contributed by atoms with Crippen molar-refractivity contribution in [1.82, 2.24) is 9.62 Å². The Labute approximate surface area is 152 Å². The summed E-state index contributed by atoms with van der Waals surface area (Å²) in [6.07, 6.45) is 1.77. The van der Waals surface area contributed by atoms with E-state index in [1.165, 1.54) is 0 Å². The first-order valence-corrected chi connectivity index (χ1v) is 9.72. The molecular weight excluding hydrogens is 411 g/mol. The number of hydrogen-bond acceptors (Lipinski definition) is 3. The van der Waals surface area contributed by atoms with E-state index in [-0.39, 0.29) is 22.3 Å². The average molecular weight is 432 g/mol. The number of rotatable bonds is 5. The van der Waals surface area contributed by atoms with Crippen LogP contribution in [0.3, 0.4) is 0 Å². The van der Waals surface area contributed by atoms with Crippen molar-refractivity contribution in [3.8, 4) is 0 Å². The van der Waals surface area contributed by atoms with Gasteiger partial charge in [0.05, 0.1) is 5.02 Å². The van der Waals surface area contributed by atoms with E-state index in [4.69, 9.17) is 11.6 Å². The second-order valence-corrected chi connectivity index (χ2v) is 8.46. The molecule has 0 aromatic heterocycles. The summed E-state index contributed by atoms with van der Waals surface area (Å²) in [6.45, 7) is 5.10. The molecule has 4 nitrogen and oxygen atoms in total. The van der Waals surface area contributed by atoms with Gasteiger partial charge < -0.3 is 5.32 Å². The predicted molar refractivity (Wildman–Crippen MR) is 96.4 cm³/mol. The molecule has 1 N–H and O–H groups in total. The SMILES string of the molecule is CCNCC1CCN(S(=O)(=O)c2cc(Br)ccc2Cl)CC1.Cl. The molecule has 126 valence electrons. The van der Waals surface area contributed by atoms with Gasteiger partial charge in [-0.25, -0.2) is 8.42 Å². The third-order valence-electron chi connectivity index (χ3n) is 3.77. The van der Waals surface area contributed by atoms with Crippen LogP contribution < -0.4 is 5.32 Å². The largest absolute Gasteiger partial charge is 0.317 e. The lowest BCUT2D eigenvalue weighted by Crippen LogP contribution is -2.40. The lowest BCUT2D eigenvalue weighted by molar-refractivity contribution is 0.268. The summed E-state index contributed by atoms with van der Waals surface area (Å²) in [6, 6.07) is 4.92. The van der Waals surface area contributed by atoms with Gasteiger partial charge in [0.2, 0.25) is 10.0 Å². The molecule has 1 saturated heterocycles. The molecule has 0 saturated carbocycles. The maximum atomic E-state index is 12.7. The van der Waals surface area contributed by atoms with Gasteiger partial charge in [-0.05, 0) is 50.0 Å². The van der Waals surface area contributed by atoms with Gasteiger partial charge in [0.1, 0.15) is 4.90 Å². The molecular formula is C14H21BrCl2N2O2S. The van der Waals surface area contributed by atoms with E-state index in [1.807, 2.05) is 0 Å². The monoisotopic (exact) mass is 430 g/mol. The Kier molecular flexibility index (Phi) is 8.12. The van der Waals surface area contributed by atoms with Crippen molar-refractivity contribution >= 4 is 50.0 Å². The van der Waals surface area contributed by atoms with Gasteiger partial charge in [-0.3, -0.25) is 0 Å². The number of nitrogens with zero attached hydrogens (tertiary/aromatic N) is 1. The number of nitrogens with one attached hydrogen (secondary N) is 1. The molecule has 1 aliphatic rings. The van der Waals surface area contributed by atoms with Crippen molar-refractivity contribution < 1.29 is 8.42 Å². The molecule has 0 amide bonds. The van der Waals surface area contributed by atoms with Crippen LogP contribution in [0.15, 0.2) is 27.6 Å². The second kappa shape index (κ2) is 8.85. The van der Waals surface area contributed by atoms with E-state index < -0.39 is 10.0 Å². The number of benzene rings is 1. The summed E-state index contributed by atoms with van der Waals surface area (Å²) in [5.74, 6) is 0.550. The molecule has 1 aromatic carbocycles. The molecule has 2 rings (SSSR count). The Bertz CT molecular complexity index is 591. The van der Waals surface area contributed by atoms with Gasteiger partial charge in [0, 0.05) is 17.6 Å². The molecule has 1 fully saturated rings. The maximum Gasteiger partial charge on any atom is 0.244 e. The number of piperidine rings is 1. The van der Waals surface area contributed by atoms with Gasteiger partial charge in [-0.2, -0.15) is 4.31 Å². The highest BCUT2D eigenvalue weighted by Gasteiger charge is 2.30. The predicted octanol–water partition coefficient (Wildman–Crippen LogP) is 3.53. The van der Waals surface area contributed by atoms with Crippen LogP contribution in [0, 0.1) is 5.92 Å². The molecule has 0 atom stereocenters. The fourth-order valence-corrected chi connectivity index (χ4v) is 5.00. The Morgan fingerprint density at radius 3 is 2.59 bits per heavy atom. The van der Waals surface area contributed by atoms with Crippen LogP contribution in [0.2, 0.25) is 5.02 Å². The number of hydrogen-bond donors (Lipinski definition) is 1. The van der Waals surface area contributed by atoms with E-state index in [9.17, 15) is 8.42 Å². The molecule has 0 bridgehead atoms. The van der Waals surface area contributed by atoms with E-state index in [0.29, 0.717) is 23.5 Å². The third-order valence-corrected chi connectivity index (χ3v) is 6.64. The van der Waals surface area contributed by atoms with Crippen molar-refractivity contribution in [2.45, 2.75) is 24.7 Å². The number of halogens is 3. The van der Waals surface area contributed by atoms with E-state index in [1.54, 1.807) is 22.5 Å². The van der Waals surface area contributed by atoms with Crippen LogP contribution in [-0.2, 0) is 10.0 Å². The van der Waals surface area contributed by atoms with Crippen molar-refractivity contribution in [1.29, 1.82) is 0 Å². The minimum absolute atomic E-state index is 0. The van der Waals surface area contributed by atoms with Gasteiger partial charge >= 0.3 is 0 Å². The highest BCUT2D eigenvalue weighted by Crippen LogP contribution is 2.30. The summed E-state index contributed by atoms with van der Waals surface area (Å²) in [5.41, 5.74) is 0.